The van der Waals surface area contributed by atoms with Crippen LogP contribution in [0.1, 0.15) is 19.3 Å². The highest BCUT2D eigenvalue weighted by Crippen LogP contribution is 2.47. The lowest BCUT2D eigenvalue weighted by Gasteiger charge is -2.43. The van der Waals surface area contributed by atoms with Crippen molar-refractivity contribution in [1.82, 2.24) is 4.90 Å². The van der Waals surface area contributed by atoms with Gasteiger partial charge in [0.2, 0.25) is 0 Å². The van der Waals surface area contributed by atoms with Crippen molar-refractivity contribution in [3.8, 4) is 0 Å². The Bertz CT molecular complexity index is 450. The van der Waals surface area contributed by atoms with Crippen molar-refractivity contribution in [3.05, 3.63) is 10.1 Å². The maximum atomic E-state index is 11.1. The van der Waals surface area contributed by atoms with E-state index < -0.39 is 34.6 Å². The number of hydrogen-bond donors (Lipinski definition) is 3. The van der Waals surface area contributed by atoms with E-state index in [1.54, 1.807) is 14.1 Å². The number of aliphatic hydroxyl groups is 3. The molecule has 0 aromatic heterocycles. The molecule has 2 rings (SSSR count). The molecular formula is C14H26N2O8. The van der Waals surface area contributed by atoms with E-state index in [1.807, 2.05) is 4.90 Å². The summed E-state index contributed by atoms with van der Waals surface area (Å²) in [7, 11) is 3.61. The molecule has 1 unspecified atom stereocenters. The molecule has 0 amide bonds. The Kier molecular flexibility index (Phi) is 6.00. The molecular weight excluding hydrogens is 324 g/mol. The van der Waals surface area contributed by atoms with Crippen LogP contribution in [0.3, 0.4) is 0 Å². The monoisotopic (exact) mass is 350 g/mol. The van der Waals surface area contributed by atoms with Gasteiger partial charge < -0.3 is 34.5 Å². The van der Waals surface area contributed by atoms with Crippen LogP contribution in [-0.2, 0) is 14.3 Å². The summed E-state index contributed by atoms with van der Waals surface area (Å²) in [4.78, 5) is 16.1. The summed E-state index contributed by atoms with van der Waals surface area (Å²) >= 11 is 0. The number of rotatable bonds is 9. The SMILES string of the molecule is CN(C)C[C@]12OC[C@@H](O)[C@H]1OC[C@]2(O)C(O)CCCCO[N+](=O)[O-]. The van der Waals surface area contributed by atoms with Crippen LogP contribution in [0, 0.1) is 10.1 Å². The average molecular weight is 350 g/mol. The van der Waals surface area contributed by atoms with Crippen molar-refractivity contribution < 1.29 is 34.7 Å². The first kappa shape index (κ1) is 19.3. The van der Waals surface area contributed by atoms with Crippen molar-refractivity contribution in [2.75, 3.05) is 40.5 Å². The molecule has 2 heterocycles. The molecule has 0 aliphatic carbocycles. The fourth-order valence-electron chi connectivity index (χ4n) is 3.61. The van der Waals surface area contributed by atoms with Gasteiger partial charge >= 0.3 is 0 Å². The molecule has 0 bridgehead atoms. The van der Waals surface area contributed by atoms with E-state index in [1.165, 1.54) is 0 Å². The molecule has 24 heavy (non-hydrogen) atoms. The number of unbranched alkanes of at least 4 members (excludes halogenated alkanes) is 1. The Balaban J connectivity index is 2.01. The second-order valence-corrected chi connectivity index (χ2v) is 6.73. The standard InChI is InChI=1S/C14H26N2O8/c1-15(2)8-14-12(10(17)7-23-14)22-9-13(14,19)11(18)5-3-4-6-24-16(20)21/h10-12,17-19H,3-9H2,1-2H3/t10-,11?,12-,13+,14+/m1/s1. The summed E-state index contributed by atoms with van der Waals surface area (Å²) in [6.07, 6.45) is -1.70. The second kappa shape index (κ2) is 7.46. The van der Waals surface area contributed by atoms with Crippen molar-refractivity contribution >= 4 is 0 Å². The largest absolute Gasteiger partial charge is 0.390 e. The minimum absolute atomic E-state index is 0.0320. The van der Waals surface area contributed by atoms with Gasteiger partial charge in [0.15, 0.2) is 0 Å². The van der Waals surface area contributed by atoms with Crippen LogP contribution in [0.25, 0.3) is 0 Å². The first-order chi connectivity index (χ1) is 11.2. The molecule has 2 fully saturated rings. The molecule has 5 atom stereocenters. The summed E-state index contributed by atoms with van der Waals surface area (Å²) in [5.74, 6) is 0. The Morgan fingerprint density at radius 1 is 1.46 bits per heavy atom. The Labute approximate surface area is 140 Å². The first-order valence-electron chi connectivity index (χ1n) is 7.99. The van der Waals surface area contributed by atoms with Crippen molar-refractivity contribution in [1.29, 1.82) is 0 Å². The summed E-state index contributed by atoms with van der Waals surface area (Å²) in [6.45, 7) is 0.112. The lowest BCUT2D eigenvalue weighted by Crippen LogP contribution is -2.66. The van der Waals surface area contributed by atoms with Crippen LogP contribution >= 0.6 is 0 Å². The lowest BCUT2D eigenvalue weighted by atomic mass is 9.76. The molecule has 2 aliphatic rings. The van der Waals surface area contributed by atoms with E-state index in [2.05, 4.69) is 4.84 Å². The third-order valence-corrected chi connectivity index (χ3v) is 4.71. The van der Waals surface area contributed by atoms with Crippen molar-refractivity contribution in [2.45, 2.75) is 48.8 Å². The molecule has 2 aliphatic heterocycles. The third kappa shape index (κ3) is 3.48. The van der Waals surface area contributed by atoms with E-state index >= 15 is 0 Å². The van der Waals surface area contributed by atoms with Crippen molar-refractivity contribution in [2.24, 2.45) is 0 Å². The molecule has 10 nitrogen and oxygen atoms in total. The third-order valence-electron chi connectivity index (χ3n) is 4.71. The Hall–Kier alpha value is -1.04. The minimum atomic E-state index is -1.66. The van der Waals surface area contributed by atoms with E-state index in [4.69, 9.17) is 9.47 Å². The van der Waals surface area contributed by atoms with Gasteiger partial charge in [0, 0.05) is 6.54 Å². The number of ether oxygens (including phenoxy) is 2. The smallest absolute Gasteiger partial charge is 0.294 e. The van der Waals surface area contributed by atoms with Crippen LogP contribution in [0.5, 0.6) is 0 Å². The quantitative estimate of drug-likeness (QED) is 0.259. The molecule has 2 saturated heterocycles. The van der Waals surface area contributed by atoms with Gasteiger partial charge in [0.25, 0.3) is 5.09 Å². The van der Waals surface area contributed by atoms with Gasteiger partial charge in [-0.2, -0.15) is 0 Å². The summed E-state index contributed by atoms with van der Waals surface area (Å²) < 4.78 is 11.3. The van der Waals surface area contributed by atoms with Gasteiger partial charge in [-0.1, -0.05) is 0 Å². The van der Waals surface area contributed by atoms with Crippen LogP contribution in [0.4, 0.5) is 0 Å². The number of nitrogens with zero attached hydrogens (tertiary/aromatic N) is 2. The molecule has 140 valence electrons. The highest BCUT2D eigenvalue weighted by molar-refractivity contribution is 5.19. The summed E-state index contributed by atoms with van der Waals surface area (Å²) in [6, 6.07) is 0. The Morgan fingerprint density at radius 2 is 2.17 bits per heavy atom. The number of hydrogen-bond acceptors (Lipinski definition) is 9. The highest BCUT2D eigenvalue weighted by Gasteiger charge is 2.69. The fourth-order valence-corrected chi connectivity index (χ4v) is 3.61. The van der Waals surface area contributed by atoms with Gasteiger partial charge in [0.1, 0.15) is 23.4 Å². The molecule has 0 saturated carbocycles. The molecule has 0 aromatic rings. The predicted molar refractivity (Wildman–Crippen MR) is 80.7 cm³/mol. The van der Waals surface area contributed by atoms with Crippen LogP contribution in [0.2, 0.25) is 0 Å². The van der Waals surface area contributed by atoms with E-state index in [-0.39, 0.29) is 32.8 Å². The molecule has 0 radical (unpaired) electrons. The zero-order valence-corrected chi connectivity index (χ0v) is 14.0. The van der Waals surface area contributed by atoms with Crippen LogP contribution in [-0.4, -0.2) is 95.3 Å². The zero-order chi connectivity index (χ0) is 18.0. The molecule has 0 aromatic carbocycles. The Morgan fingerprint density at radius 3 is 2.79 bits per heavy atom. The highest BCUT2D eigenvalue weighted by atomic mass is 16.9. The lowest BCUT2D eigenvalue weighted by molar-refractivity contribution is -0.757. The average Bonchev–Trinajstić information content (AvgIpc) is 2.95. The minimum Gasteiger partial charge on any atom is -0.390 e. The van der Waals surface area contributed by atoms with E-state index in [0.29, 0.717) is 12.8 Å². The number of fused-ring (bicyclic) bond motifs is 1. The molecule has 0 spiro atoms. The normalized spacial score (nSPS) is 36.8. The van der Waals surface area contributed by atoms with Crippen LogP contribution < -0.4 is 0 Å². The van der Waals surface area contributed by atoms with E-state index in [9.17, 15) is 25.4 Å². The van der Waals surface area contributed by atoms with E-state index in [0.717, 1.165) is 0 Å². The maximum absolute atomic E-state index is 11.1. The van der Waals surface area contributed by atoms with Gasteiger partial charge in [-0.25, -0.2) is 0 Å². The maximum Gasteiger partial charge on any atom is 0.294 e. The zero-order valence-electron chi connectivity index (χ0n) is 14.0. The number of aliphatic hydroxyl groups excluding tert-OH is 2. The molecule has 3 N–H and O–H groups in total. The van der Waals surface area contributed by atoms with Gasteiger partial charge in [0.05, 0.1) is 25.9 Å². The van der Waals surface area contributed by atoms with Crippen LogP contribution in [0.15, 0.2) is 0 Å². The predicted octanol–water partition coefficient (Wildman–Crippen LogP) is -1.45. The van der Waals surface area contributed by atoms with Gasteiger partial charge in [-0.3, -0.25) is 0 Å². The summed E-state index contributed by atoms with van der Waals surface area (Å²) in [5.41, 5.74) is -2.88. The number of likely N-dealkylation sites (N-methyl/N-ethyl adjacent to an activating group) is 1. The van der Waals surface area contributed by atoms with Gasteiger partial charge in [-0.15, -0.1) is 10.1 Å². The fraction of sp³-hybridized carbons (Fsp3) is 1.00. The molecule has 10 heteroatoms. The second-order valence-electron chi connectivity index (χ2n) is 6.73. The topological polar surface area (TPSA) is 135 Å². The summed E-state index contributed by atoms with van der Waals surface area (Å²) in [5, 5.41) is 40.9. The first-order valence-corrected chi connectivity index (χ1v) is 7.99. The van der Waals surface area contributed by atoms with Gasteiger partial charge in [-0.05, 0) is 33.4 Å². The van der Waals surface area contributed by atoms with Crippen molar-refractivity contribution in [3.63, 3.8) is 0 Å².